The van der Waals surface area contributed by atoms with Crippen LogP contribution in [0.3, 0.4) is 0 Å². The lowest BCUT2D eigenvalue weighted by atomic mass is 9.95. The van der Waals surface area contributed by atoms with Gasteiger partial charge in [-0.25, -0.2) is 0 Å². The largest absolute Gasteiger partial charge is 0.472 e. The zero-order valence-electron chi connectivity index (χ0n) is 17.4. The van der Waals surface area contributed by atoms with E-state index in [1.807, 2.05) is 0 Å². The van der Waals surface area contributed by atoms with Crippen molar-refractivity contribution in [2.45, 2.75) is 39.8 Å². The van der Waals surface area contributed by atoms with Crippen molar-refractivity contribution < 1.29 is 14.0 Å². The highest BCUT2D eigenvalue weighted by molar-refractivity contribution is 5.94. The van der Waals surface area contributed by atoms with E-state index in [0.717, 1.165) is 25.2 Å². The SMILES string of the molecule is CCN(CC)Cc1ccc(CNC(=O)C2CCN(C(=O)c3ccoc3)CC2)cc1. The Morgan fingerprint density at radius 1 is 1.07 bits per heavy atom. The first-order valence-corrected chi connectivity index (χ1v) is 10.5. The van der Waals surface area contributed by atoms with Gasteiger partial charge in [-0.3, -0.25) is 14.5 Å². The van der Waals surface area contributed by atoms with Crippen molar-refractivity contribution in [2.24, 2.45) is 5.92 Å². The summed E-state index contributed by atoms with van der Waals surface area (Å²) in [6, 6.07) is 10.1. The molecule has 1 fully saturated rings. The van der Waals surface area contributed by atoms with Crippen molar-refractivity contribution in [2.75, 3.05) is 26.2 Å². The molecule has 0 atom stereocenters. The van der Waals surface area contributed by atoms with Crippen LogP contribution in [0.4, 0.5) is 0 Å². The Morgan fingerprint density at radius 2 is 1.72 bits per heavy atom. The number of piperidine rings is 1. The Balaban J connectivity index is 1.42. The lowest BCUT2D eigenvalue weighted by Crippen LogP contribution is -2.42. The van der Waals surface area contributed by atoms with Gasteiger partial charge in [-0.05, 0) is 43.1 Å². The second kappa shape index (κ2) is 10.3. The fourth-order valence-corrected chi connectivity index (χ4v) is 3.71. The fraction of sp³-hybridized carbons (Fsp3) is 0.478. The van der Waals surface area contributed by atoms with Crippen LogP contribution in [-0.4, -0.2) is 47.8 Å². The zero-order chi connectivity index (χ0) is 20.6. The Morgan fingerprint density at radius 3 is 2.31 bits per heavy atom. The minimum Gasteiger partial charge on any atom is -0.472 e. The summed E-state index contributed by atoms with van der Waals surface area (Å²) >= 11 is 0. The maximum atomic E-state index is 12.5. The van der Waals surface area contributed by atoms with E-state index in [-0.39, 0.29) is 17.7 Å². The van der Waals surface area contributed by atoms with E-state index in [4.69, 9.17) is 4.42 Å². The quantitative estimate of drug-likeness (QED) is 0.742. The third-order valence-corrected chi connectivity index (χ3v) is 5.71. The van der Waals surface area contributed by atoms with Gasteiger partial charge in [0.15, 0.2) is 0 Å². The summed E-state index contributed by atoms with van der Waals surface area (Å²) in [5.41, 5.74) is 2.96. The molecule has 1 aromatic heterocycles. The van der Waals surface area contributed by atoms with Crippen molar-refractivity contribution in [3.05, 3.63) is 59.5 Å². The summed E-state index contributed by atoms with van der Waals surface area (Å²) in [6.07, 6.45) is 4.36. The van der Waals surface area contributed by atoms with E-state index in [9.17, 15) is 9.59 Å². The average Bonchev–Trinajstić information content (AvgIpc) is 3.31. The highest BCUT2D eigenvalue weighted by Gasteiger charge is 2.28. The van der Waals surface area contributed by atoms with Gasteiger partial charge < -0.3 is 14.6 Å². The lowest BCUT2D eigenvalue weighted by molar-refractivity contribution is -0.126. The zero-order valence-corrected chi connectivity index (χ0v) is 17.4. The van der Waals surface area contributed by atoms with Gasteiger partial charge in [0.25, 0.3) is 5.91 Å². The van der Waals surface area contributed by atoms with Gasteiger partial charge in [-0.2, -0.15) is 0 Å². The van der Waals surface area contributed by atoms with Crippen LogP contribution in [0.15, 0.2) is 47.3 Å². The van der Waals surface area contributed by atoms with Crippen molar-refractivity contribution in [3.8, 4) is 0 Å². The molecule has 6 nitrogen and oxygen atoms in total. The molecular weight excluding hydrogens is 366 g/mol. The third-order valence-electron chi connectivity index (χ3n) is 5.71. The van der Waals surface area contributed by atoms with Crippen LogP contribution >= 0.6 is 0 Å². The van der Waals surface area contributed by atoms with Gasteiger partial charge in [0.1, 0.15) is 6.26 Å². The number of likely N-dealkylation sites (tertiary alicyclic amines) is 1. The average molecular weight is 398 g/mol. The Bertz CT molecular complexity index is 774. The van der Waals surface area contributed by atoms with Crippen LogP contribution in [0.5, 0.6) is 0 Å². The van der Waals surface area contributed by atoms with Gasteiger partial charge in [-0.15, -0.1) is 0 Å². The third kappa shape index (κ3) is 5.70. The second-order valence-electron chi connectivity index (χ2n) is 7.57. The van der Waals surface area contributed by atoms with Gasteiger partial charge in [0.2, 0.25) is 5.91 Å². The normalized spacial score (nSPS) is 14.9. The van der Waals surface area contributed by atoms with Crippen LogP contribution in [0, 0.1) is 5.92 Å². The molecule has 0 saturated carbocycles. The number of hydrogen-bond donors (Lipinski definition) is 1. The summed E-state index contributed by atoms with van der Waals surface area (Å²) in [7, 11) is 0. The molecule has 6 heteroatoms. The number of carbonyl (C=O) groups excluding carboxylic acids is 2. The van der Waals surface area contributed by atoms with Gasteiger partial charge in [-0.1, -0.05) is 38.1 Å². The molecule has 156 valence electrons. The minimum atomic E-state index is -0.0367. The molecule has 2 heterocycles. The molecule has 0 aliphatic carbocycles. The summed E-state index contributed by atoms with van der Waals surface area (Å²) < 4.78 is 4.98. The molecule has 3 rings (SSSR count). The highest BCUT2D eigenvalue weighted by atomic mass is 16.3. The molecule has 29 heavy (non-hydrogen) atoms. The van der Waals surface area contributed by atoms with E-state index < -0.39 is 0 Å². The summed E-state index contributed by atoms with van der Waals surface area (Å²) in [4.78, 5) is 29.0. The van der Waals surface area contributed by atoms with Crippen molar-refractivity contribution in [1.29, 1.82) is 0 Å². The predicted octanol–water partition coefficient (Wildman–Crippen LogP) is 3.29. The van der Waals surface area contributed by atoms with Crippen molar-refractivity contribution in [3.63, 3.8) is 0 Å². The standard InChI is InChI=1S/C23H31N3O3/c1-3-25(4-2)16-19-7-5-18(6-8-19)15-24-22(27)20-9-12-26(13-10-20)23(28)21-11-14-29-17-21/h5-8,11,14,17,20H,3-4,9-10,12-13,15-16H2,1-2H3,(H,24,27). The topological polar surface area (TPSA) is 65.8 Å². The number of rotatable bonds is 8. The molecular formula is C23H31N3O3. The summed E-state index contributed by atoms with van der Waals surface area (Å²) in [6.45, 7) is 9.12. The molecule has 1 aliphatic rings. The minimum absolute atomic E-state index is 0.0255. The molecule has 1 saturated heterocycles. The number of nitrogens with zero attached hydrogens (tertiary/aromatic N) is 2. The first kappa shape index (κ1) is 21.1. The molecule has 0 unspecified atom stereocenters. The van der Waals surface area contributed by atoms with Crippen molar-refractivity contribution >= 4 is 11.8 Å². The van der Waals surface area contributed by atoms with E-state index in [1.165, 1.54) is 18.1 Å². The van der Waals surface area contributed by atoms with Crippen LogP contribution < -0.4 is 5.32 Å². The Labute approximate surface area is 172 Å². The number of amides is 2. The summed E-state index contributed by atoms with van der Waals surface area (Å²) in [5.74, 6) is 0.0142. The van der Waals surface area contributed by atoms with Gasteiger partial charge >= 0.3 is 0 Å². The van der Waals surface area contributed by atoms with Crippen LogP contribution in [-0.2, 0) is 17.9 Å². The molecule has 1 N–H and O–H groups in total. The van der Waals surface area contributed by atoms with Gasteiger partial charge in [0.05, 0.1) is 11.8 Å². The predicted molar refractivity (Wildman–Crippen MR) is 112 cm³/mol. The Hall–Kier alpha value is -2.60. The first-order chi connectivity index (χ1) is 14.1. The monoisotopic (exact) mass is 397 g/mol. The van der Waals surface area contributed by atoms with E-state index in [2.05, 4.69) is 48.3 Å². The number of benzene rings is 1. The van der Waals surface area contributed by atoms with Crippen LogP contribution in [0.1, 0.15) is 48.2 Å². The first-order valence-electron chi connectivity index (χ1n) is 10.5. The molecule has 2 aromatic rings. The molecule has 1 aliphatic heterocycles. The Kier molecular flexibility index (Phi) is 7.47. The maximum Gasteiger partial charge on any atom is 0.257 e. The maximum absolute atomic E-state index is 12.5. The second-order valence-corrected chi connectivity index (χ2v) is 7.57. The van der Waals surface area contributed by atoms with Crippen LogP contribution in [0.2, 0.25) is 0 Å². The fourth-order valence-electron chi connectivity index (χ4n) is 3.71. The molecule has 0 spiro atoms. The van der Waals surface area contributed by atoms with Crippen LogP contribution in [0.25, 0.3) is 0 Å². The van der Waals surface area contributed by atoms with Crippen molar-refractivity contribution in [1.82, 2.24) is 15.1 Å². The van der Waals surface area contributed by atoms with E-state index in [0.29, 0.717) is 38.0 Å². The van der Waals surface area contributed by atoms with E-state index >= 15 is 0 Å². The number of furan rings is 1. The molecule has 2 amide bonds. The molecule has 0 bridgehead atoms. The molecule has 0 radical (unpaired) electrons. The smallest absolute Gasteiger partial charge is 0.257 e. The highest BCUT2D eigenvalue weighted by Crippen LogP contribution is 2.20. The van der Waals surface area contributed by atoms with E-state index in [1.54, 1.807) is 11.0 Å². The lowest BCUT2D eigenvalue weighted by Gasteiger charge is -2.31. The summed E-state index contributed by atoms with van der Waals surface area (Å²) in [5, 5.41) is 3.06. The van der Waals surface area contributed by atoms with Gasteiger partial charge in [0, 0.05) is 32.1 Å². The number of carbonyl (C=O) groups is 2. The molecule has 1 aromatic carbocycles. The number of nitrogens with one attached hydrogen (secondary N) is 1. The number of hydrogen-bond acceptors (Lipinski definition) is 4.